The molecule has 2 aromatic rings. The highest BCUT2D eigenvalue weighted by atomic mass is 35.5. The fourth-order valence-electron chi connectivity index (χ4n) is 4.26. The van der Waals surface area contributed by atoms with E-state index in [9.17, 15) is 4.79 Å². The molecule has 5 nitrogen and oxygen atoms in total. The number of pyridine rings is 1. The molecule has 0 amide bonds. The molecule has 1 aliphatic carbocycles. The van der Waals surface area contributed by atoms with E-state index in [-0.39, 0.29) is 30.5 Å². The van der Waals surface area contributed by atoms with Crippen molar-refractivity contribution in [2.24, 2.45) is 5.92 Å². The number of likely N-dealkylation sites (tertiary alicyclic amines) is 1. The summed E-state index contributed by atoms with van der Waals surface area (Å²) in [4.78, 5) is 17.4. The fraction of sp³-hybridized carbons (Fsp3) is 0.417. The summed E-state index contributed by atoms with van der Waals surface area (Å²) in [6.07, 6.45) is 7.57. The van der Waals surface area contributed by atoms with Crippen LogP contribution in [0.25, 0.3) is 6.08 Å². The summed E-state index contributed by atoms with van der Waals surface area (Å²) in [5.41, 5.74) is 3.94. The van der Waals surface area contributed by atoms with Gasteiger partial charge in [0.15, 0.2) is 0 Å². The van der Waals surface area contributed by atoms with E-state index in [0.717, 1.165) is 38.0 Å². The first-order valence-corrected chi connectivity index (χ1v) is 10.5. The van der Waals surface area contributed by atoms with Crippen LogP contribution in [-0.2, 0) is 6.54 Å². The smallest absolute Gasteiger partial charge is 0.354 e. The van der Waals surface area contributed by atoms with Crippen LogP contribution in [0.4, 0.5) is 0 Å². The van der Waals surface area contributed by atoms with Crippen LogP contribution in [0.2, 0.25) is 0 Å². The van der Waals surface area contributed by atoms with Gasteiger partial charge in [0.1, 0.15) is 5.69 Å². The minimum Gasteiger partial charge on any atom is -0.477 e. The third-order valence-electron chi connectivity index (χ3n) is 6.06. The SMILES string of the molecule is CC(=Cc1ccccc1)[C@@H]1C[C@H]1NC1CCN(Cc2ccc(C(=O)O)nc2)CC1.Cl.Cl. The minimum absolute atomic E-state index is 0. The number of nitrogens with one attached hydrogen (secondary N) is 1. The molecule has 1 aromatic heterocycles. The van der Waals surface area contributed by atoms with Gasteiger partial charge in [0.05, 0.1) is 0 Å². The van der Waals surface area contributed by atoms with Gasteiger partial charge in [-0.15, -0.1) is 24.8 Å². The number of aromatic carboxylic acids is 1. The van der Waals surface area contributed by atoms with E-state index in [1.807, 2.05) is 6.07 Å². The molecule has 2 heterocycles. The Hall–Kier alpha value is -1.92. The maximum absolute atomic E-state index is 10.9. The van der Waals surface area contributed by atoms with E-state index < -0.39 is 5.97 Å². The molecule has 31 heavy (non-hydrogen) atoms. The molecule has 7 heteroatoms. The first kappa shape index (κ1) is 25.3. The molecule has 1 aromatic carbocycles. The van der Waals surface area contributed by atoms with Gasteiger partial charge >= 0.3 is 5.97 Å². The molecule has 1 saturated heterocycles. The number of hydrogen-bond donors (Lipinski definition) is 2. The molecular formula is C24H31Cl2N3O2. The Morgan fingerprint density at radius 2 is 1.87 bits per heavy atom. The Morgan fingerprint density at radius 1 is 1.16 bits per heavy atom. The van der Waals surface area contributed by atoms with E-state index in [2.05, 4.69) is 58.5 Å². The van der Waals surface area contributed by atoms with Crippen molar-refractivity contribution in [3.05, 3.63) is 71.1 Å². The lowest BCUT2D eigenvalue weighted by Crippen LogP contribution is -2.43. The second-order valence-corrected chi connectivity index (χ2v) is 8.32. The molecule has 0 bridgehead atoms. The van der Waals surface area contributed by atoms with Crippen LogP contribution >= 0.6 is 24.8 Å². The third kappa shape index (κ3) is 7.04. The van der Waals surface area contributed by atoms with Crippen LogP contribution < -0.4 is 5.32 Å². The van der Waals surface area contributed by atoms with Crippen molar-refractivity contribution in [1.29, 1.82) is 0 Å². The minimum atomic E-state index is -0.976. The van der Waals surface area contributed by atoms with Crippen LogP contribution in [0.3, 0.4) is 0 Å². The highest BCUT2D eigenvalue weighted by Gasteiger charge is 2.39. The number of halogens is 2. The number of hydrogen-bond acceptors (Lipinski definition) is 4. The lowest BCUT2D eigenvalue weighted by atomic mass is 10.0. The second kappa shape index (κ2) is 11.6. The standard InChI is InChI=1S/C24H29N3O2.2ClH/c1-17(13-18-5-3-2-4-6-18)21-14-23(21)26-20-9-11-27(12-10-20)16-19-7-8-22(24(28)29)25-15-19;;/h2-8,13,15,20-21,23,26H,9-12,14,16H2,1H3,(H,28,29);2*1H/t21-,23+;;/m0../s1. The Kier molecular flexibility index (Phi) is 9.51. The first-order chi connectivity index (χ1) is 14.1. The van der Waals surface area contributed by atoms with Crippen molar-refractivity contribution in [3.63, 3.8) is 0 Å². The van der Waals surface area contributed by atoms with Gasteiger partial charge in [-0.2, -0.15) is 0 Å². The summed E-state index contributed by atoms with van der Waals surface area (Å²) in [6, 6.07) is 15.2. The normalized spacial score (nSPS) is 21.6. The molecule has 2 aliphatic rings. The van der Waals surface area contributed by atoms with Gasteiger partial charge in [-0.3, -0.25) is 4.90 Å². The summed E-state index contributed by atoms with van der Waals surface area (Å²) in [7, 11) is 0. The van der Waals surface area contributed by atoms with E-state index in [1.54, 1.807) is 12.3 Å². The predicted molar refractivity (Wildman–Crippen MR) is 129 cm³/mol. The number of benzene rings is 1. The molecule has 2 atom stereocenters. The Morgan fingerprint density at radius 3 is 2.48 bits per heavy atom. The van der Waals surface area contributed by atoms with Crippen molar-refractivity contribution in [3.8, 4) is 0 Å². The van der Waals surface area contributed by atoms with Crippen LogP contribution in [0.5, 0.6) is 0 Å². The molecule has 2 fully saturated rings. The third-order valence-corrected chi connectivity index (χ3v) is 6.06. The predicted octanol–water partition coefficient (Wildman–Crippen LogP) is 4.67. The fourth-order valence-corrected chi connectivity index (χ4v) is 4.26. The van der Waals surface area contributed by atoms with Gasteiger partial charge in [0.2, 0.25) is 0 Å². The van der Waals surface area contributed by atoms with Crippen molar-refractivity contribution in [2.45, 2.75) is 44.8 Å². The molecule has 0 radical (unpaired) electrons. The van der Waals surface area contributed by atoms with Gasteiger partial charge in [0, 0.05) is 24.8 Å². The second-order valence-electron chi connectivity index (χ2n) is 8.32. The quantitative estimate of drug-likeness (QED) is 0.624. The summed E-state index contributed by atoms with van der Waals surface area (Å²) >= 11 is 0. The molecule has 4 rings (SSSR count). The zero-order chi connectivity index (χ0) is 20.2. The van der Waals surface area contributed by atoms with Crippen LogP contribution in [0.15, 0.2) is 54.2 Å². The zero-order valence-electron chi connectivity index (χ0n) is 17.7. The van der Waals surface area contributed by atoms with Crippen molar-refractivity contribution in [1.82, 2.24) is 15.2 Å². The van der Waals surface area contributed by atoms with Crippen molar-refractivity contribution >= 4 is 36.9 Å². The van der Waals surface area contributed by atoms with E-state index >= 15 is 0 Å². The Bertz CT molecular complexity index is 866. The summed E-state index contributed by atoms with van der Waals surface area (Å²) in [6.45, 7) is 5.22. The molecule has 1 saturated carbocycles. The number of rotatable bonds is 7. The number of carboxylic acids is 1. The molecule has 168 valence electrons. The van der Waals surface area contributed by atoms with Crippen LogP contribution in [0.1, 0.15) is 47.8 Å². The maximum atomic E-state index is 10.9. The molecule has 0 unspecified atom stereocenters. The summed E-state index contributed by atoms with van der Waals surface area (Å²) < 4.78 is 0. The molecule has 0 spiro atoms. The van der Waals surface area contributed by atoms with E-state index in [4.69, 9.17) is 5.11 Å². The highest BCUT2D eigenvalue weighted by molar-refractivity contribution is 5.86. The number of piperidine rings is 1. The van der Waals surface area contributed by atoms with Crippen LogP contribution in [0, 0.1) is 5.92 Å². The van der Waals surface area contributed by atoms with E-state index in [0.29, 0.717) is 18.0 Å². The summed E-state index contributed by atoms with van der Waals surface area (Å²) in [5.74, 6) is -0.303. The number of carbonyl (C=O) groups is 1. The largest absolute Gasteiger partial charge is 0.477 e. The van der Waals surface area contributed by atoms with Gasteiger partial charge in [-0.05, 0) is 62.4 Å². The van der Waals surface area contributed by atoms with Crippen molar-refractivity contribution in [2.75, 3.05) is 13.1 Å². The van der Waals surface area contributed by atoms with Gasteiger partial charge in [0.25, 0.3) is 0 Å². The molecule has 1 aliphatic heterocycles. The number of aromatic nitrogens is 1. The first-order valence-electron chi connectivity index (χ1n) is 10.5. The zero-order valence-corrected chi connectivity index (χ0v) is 19.4. The molecular weight excluding hydrogens is 433 g/mol. The average molecular weight is 464 g/mol. The van der Waals surface area contributed by atoms with Gasteiger partial charge in [-0.25, -0.2) is 9.78 Å². The average Bonchev–Trinajstić information content (AvgIpc) is 3.50. The number of carboxylic acid groups (broad SMARTS) is 1. The lowest BCUT2D eigenvalue weighted by Gasteiger charge is -2.32. The number of nitrogens with zero attached hydrogens (tertiary/aromatic N) is 2. The van der Waals surface area contributed by atoms with Gasteiger partial charge < -0.3 is 10.4 Å². The summed E-state index contributed by atoms with van der Waals surface area (Å²) in [5, 5.41) is 12.8. The van der Waals surface area contributed by atoms with E-state index in [1.165, 1.54) is 17.6 Å². The molecule has 2 N–H and O–H groups in total. The Balaban J connectivity index is 0.00000171. The van der Waals surface area contributed by atoms with Crippen LogP contribution in [-0.4, -0.2) is 46.1 Å². The maximum Gasteiger partial charge on any atom is 0.354 e. The van der Waals surface area contributed by atoms with Crippen molar-refractivity contribution < 1.29 is 9.90 Å². The monoisotopic (exact) mass is 463 g/mol. The Labute approximate surface area is 196 Å². The highest BCUT2D eigenvalue weighted by Crippen LogP contribution is 2.38. The lowest BCUT2D eigenvalue weighted by molar-refractivity contribution is 0.0690. The topological polar surface area (TPSA) is 65.5 Å². The van der Waals surface area contributed by atoms with Gasteiger partial charge in [-0.1, -0.05) is 48.0 Å².